The number of thioether (sulfide) groups is 1. The molecule has 2 N–H and O–H groups in total. The predicted molar refractivity (Wildman–Crippen MR) is 60.0 cm³/mol. The highest BCUT2D eigenvalue weighted by atomic mass is 32.2. The summed E-state index contributed by atoms with van der Waals surface area (Å²) in [5, 5.41) is 0.501. The van der Waals surface area contributed by atoms with Gasteiger partial charge in [0.2, 0.25) is 0 Å². The molecule has 0 bridgehead atoms. The first-order valence-corrected chi connectivity index (χ1v) is 5.68. The van der Waals surface area contributed by atoms with Crippen LogP contribution in [0.2, 0.25) is 0 Å². The van der Waals surface area contributed by atoms with Crippen LogP contribution in [-0.4, -0.2) is 18.4 Å². The molecule has 0 aliphatic carbocycles. The predicted octanol–water partition coefficient (Wildman–Crippen LogP) is 2.06. The van der Waals surface area contributed by atoms with Crippen molar-refractivity contribution in [2.24, 2.45) is 5.73 Å². The van der Waals surface area contributed by atoms with Gasteiger partial charge in [0, 0.05) is 21.8 Å². The van der Waals surface area contributed by atoms with Gasteiger partial charge in [0.1, 0.15) is 5.75 Å². The van der Waals surface area contributed by atoms with Crippen molar-refractivity contribution in [3.63, 3.8) is 0 Å². The van der Waals surface area contributed by atoms with Crippen LogP contribution in [0.4, 0.5) is 0 Å². The summed E-state index contributed by atoms with van der Waals surface area (Å²) in [7, 11) is 1.72. The minimum atomic E-state index is 0.233. The van der Waals surface area contributed by atoms with Crippen LogP contribution in [0.25, 0.3) is 0 Å². The van der Waals surface area contributed by atoms with E-state index < -0.39 is 0 Å². The van der Waals surface area contributed by atoms with E-state index in [1.807, 2.05) is 23.9 Å². The van der Waals surface area contributed by atoms with Crippen molar-refractivity contribution in [2.75, 3.05) is 7.11 Å². The maximum Gasteiger partial charge on any atom is 0.123 e. The Labute approximate surface area is 88.8 Å². The highest BCUT2D eigenvalue weighted by Crippen LogP contribution is 2.42. The highest BCUT2D eigenvalue weighted by Gasteiger charge is 2.27. The molecule has 0 fully saturated rings. The van der Waals surface area contributed by atoms with Gasteiger partial charge in [-0.1, -0.05) is 6.07 Å². The first-order chi connectivity index (χ1) is 6.72. The van der Waals surface area contributed by atoms with Crippen molar-refractivity contribution >= 4 is 11.8 Å². The monoisotopic (exact) mass is 209 g/mol. The lowest BCUT2D eigenvalue weighted by atomic mass is 10.1. The molecule has 1 aliphatic rings. The Morgan fingerprint density at radius 2 is 2.36 bits per heavy atom. The number of ether oxygens (including phenoxy) is 1. The lowest BCUT2D eigenvalue weighted by Crippen LogP contribution is -2.28. The fraction of sp³-hybridized carbons (Fsp3) is 0.455. The number of rotatable bonds is 2. The van der Waals surface area contributed by atoms with Crippen molar-refractivity contribution < 1.29 is 4.74 Å². The van der Waals surface area contributed by atoms with E-state index >= 15 is 0 Å². The molecule has 2 rings (SSSR count). The number of fused-ring (bicyclic) bond motifs is 1. The van der Waals surface area contributed by atoms with Crippen LogP contribution in [0, 0.1) is 0 Å². The van der Waals surface area contributed by atoms with E-state index in [1.54, 1.807) is 7.11 Å². The SMILES string of the molecule is COc1cccc2c1CC(C(C)N)S2. The first-order valence-electron chi connectivity index (χ1n) is 4.80. The molecule has 0 aromatic heterocycles. The Balaban J connectivity index is 2.30. The molecule has 76 valence electrons. The fourth-order valence-corrected chi connectivity index (χ4v) is 3.02. The van der Waals surface area contributed by atoms with Gasteiger partial charge in [-0.15, -0.1) is 11.8 Å². The van der Waals surface area contributed by atoms with Gasteiger partial charge in [0.25, 0.3) is 0 Å². The van der Waals surface area contributed by atoms with Gasteiger partial charge in [0.05, 0.1) is 7.11 Å². The van der Waals surface area contributed by atoms with E-state index in [1.165, 1.54) is 10.5 Å². The van der Waals surface area contributed by atoms with Crippen molar-refractivity contribution in [1.82, 2.24) is 0 Å². The van der Waals surface area contributed by atoms with Crippen LogP contribution in [0.15, 0.2) is 23.1 Å². The normalized spacial score (nSPS) is 21.8. The molecule has 2 nitrogen and oxygen atoms in total. The maximum absolute atomic E-state index is 5.91. The molecule has 14 heavy (non-hydrogen) atoms. The minimum absolute atomic E-state index is 0.233. The van der Waals surface area contributed by atoms with Gasteiger partial charge in [0.15, 0.2) is 0 Å². The number of hydrogen-bond donors (Lipinski definition) is 1. The van der Waals surface area contributed by atoms with Gasteiger partial charge in [-0.2, -0.15) is 0 Å². The smallest absolute Gasteiger partial charge is 0.123 e. The van der Waals surface area contributed by atoms with Crippen LogP contribution < -0.4 is 10.5 Å². The largest absolute Gasteiger partial charge is 0.496 e. The van der Waals surface area contributed by atoms with Crippen molar-refractivity contribution in [3.05, 3.63) is 23.8 Å². The Bertz CT molecular complexity index is 338. The van der Waals surface area contributed by atoms with Gasteiger partial charge < -0.3 is 10.5 Å². The van der Waals surface area contributed by atoms with Gasteiger partial charge in [-0.05, 0) is 25.5 Å². The quantitative estimate of drug-likeness (QED) is 0.809. The van der Waals surface area contributed by atoms with Gasteiger partial charge in [-0.25, -0.2) is 0 Å². The summed E-state index contributed by atoms with van der Waals surface area (Å²) in [6.45, 7) is 2.07. The van der Waals surface area contributed by atoms with E-state index in [9.17, 15) is 0 Å². The van der Waals surface area contributed by atoms with E-state index in [-0.39, 0.29) is 6.04 Å². The zero-order valence-electron chi connectivity index (χ0n) is 8.49. The molecule has 1 heterocycles. The van der Waals surface area contributed by atoms with E-state index in [2.05, 4.69) is 13.0 Å². The number of nitrogens with two attached hydrogens (primary N) is 1. The van der Waals surface area contributed by atoms with Crippen LogP contribution in [0.5, 0.6) is 5.75 Å². The Morgan fingerprint density at radius 1 is 1.57 bits per heavy atom. The second-order valence-corrected chi connectivity index (χ2v) is 4.94. The lowest BCUT2D eigenvalue weighted by molar-refractivity contribution is 0.408. The lowest BCUT2D eigenvalue weighted by Gasteiger charge is -2.11. The Morgan fingerprint density at radius 3 is 3.00 bits per heavy atom. The molecule has 1 aromatic carbocycles. The zero-order chi connectivity index (χ0) is 10.1. The van der Waals surface area contributed by atoms with Crippen LogP contribution >= 0.6 is 11.8 Å². The van der Waals surface area contributed by atoms with E-state index in [0.29, 0.717) is 5.25 Å². The molecule has 2 atom stereocenters. The topological polar surface area (TPSA) is 35.2 Å². The second-order valence-electron chi connectivity index (χ2n) is 3.66. The first kappa shape index (κ1) is 9.87. The van der Waals surface area contributed by atoms with Gasteiger partial charge >= 0.3 is 0 Å². The Kier molecular flexibility index (Phi) is 2.70. The van der Waals surface area contributed by atoms with Crippen molar-refractivity contribution in [3.8, 4) is 5.75 Å². The molecule has 2 unspecified atom stereocenters. The minimum Gasteiger partial charge on any atom is -0.496 e. The fourth-order valence-electron chi connectivity index (χ4n) is 1.75. The van der Waals surface area contributed by atoms with Crippen LogP contribution in [0.3, 0.4) is 0 Å². The summed E-state index contributed by atoms with van der Waals surface area (Å²) < 4.78 is 5.33. The summed E-state index contributed by atoms with van der Waals surface area (Å²) in [5.74, 6) is 0.998. The zero-order valence-corrected chi connectivity index (χ0v) is 9.30. The molecule has 0 spiro atoms. The van der Waals surface area contributed by atoms with Crippen LogP contribution in [-0.2, 0) is 6.42 Å². The van der Waals surface area contributed by atoms with Crippen LogP contribution in [0.1, 0.15) is 12.5 Å². The standard InChI is InChI=1S/C11H15NOS/c1-7(12)11-6-8-9(13-2)4-3-5-10(8)14-11/h3-5,7,11H,6,12H2,1-2H3. The Hall–Kier alpha value is -0.670. The average molecular weight is 209 g/mol. The number of methoxy groups -OCH3 is 1. The van der Waals surface area contributed by atoms with Crippen molar-refractivity contribution in [1.29, 1.82) is 0 Å². The molecular formula is C11H15NOS. The molecule has 3 heteroatoms. The summed E-state index contributed by atoms with van der Waals surface area (Å²) in [5.41, 5.74) is 7.23. The van der Waals surface area contributed by atoms with Crippen molar-refractivity contribution in [2.45, 2.75) is 29.5 Å². The second kappa shape index (κ2) is 3.83. The summed E-state index contributed by atoms with van der Waals surface area (Å²) in [6, 6.07) is 6.43. The molecule has 1 aliphatic heterocycles. The summed E-state index contributed by atoms with van der Waals surface area (Å²) >= 11 is 1.87. The summed E-state index contributed by atoms with van der Waals surface area (Å²) in [4.78, 5) is 1.33. The van der Waals surface area contributed by atoms with E-state index in [4.69, 9.17) is 10.5 Å². The average Bonchev–Trinajstić information content (AvgIpc) is 2.60. The third-order valence-corrected chi connectivity index (χ3v) is 4.12. The van der Waals surface area contributed by atoms with E-state index in [0.717, 1.165) is 12.2 Å². The maximum atomic E-state index is 5.91. The summed E-state index contributed by atoms with van der Waals surface area (Å²) in [6.07, 6.45) is 1.03. The molecule has 0 amide bonds. The molecular weight excluding hydrogens is 194 g/mol. The molecule has 0 saturated carbocycles. The highest BCUT2D eigenvalue weighted by molar-refractivity contribution is 8.00. The third-order valence-electron chi connectivity index (χ3n) is 2.58. The third kappa shape index (κ3) is 1.62. The number of hydrogen-bond acceptors (Lipinski definition) is 3. The molecule has 0 radical (unpaired) electrons. The molecule has 0 saturated heterocycles. The van der Waals surface area contributed by atoms with Gasteiger partial charge in [-0.3, -0.25) is 0 Å². The number of benzene rings is 1. The molecule has 1 aromatic rings.